The van der Waals surface area contributed by atoms with Crippen LogP contribution in [0.4, 0.5) is 0 Å². The number of carbonyl (C=O) groups is 2. The molecule has 6 heteroatoms. The summed E-state index contributed by atoms with van der Waals surface area (Å²) in [7, 11) is 0. The van der Waals surface area contributed by atoms with Gasteiger partial charge in [0, 0.05) is 0 Å². The van der Waals surface area contributed by atoms with E-state index in [0.29, 0.717) is 12.8 Å². The summed E-state index contributed by atoms with van der Waals surface area (Å²) in [6.07, 6.45) is 4.30. The quantitative estimate of drug-likeness (QED) is 0.532. The second-order valence-corrected chi connectivity index (χ2v) is 3.90. The molecule has 0 bridgehead atoms. The second-order valence-electron chi connectivity index (χ2n) is 3.90. The molecule has 15 heavy (non-hydrogen) atoms. The van der Waals surface area contributed by atoms with E-state index in [9.17, 15) is 9.59 Å². The number of hydrogen-bond acceptors (Lipinski definition) is 4. The van der Waals surface area contributed by atoms with Gasteiger partial charge in [0.15, 0.2) is 6.61 Å². The molecule has 0 aromatic rings. The molecule has 0 aromatic heterocycles. The number of hydroxylamine groups is 1. The first-order valence-electron chi connectivity index (χ1n) is 5.04. The van der Waals surface area contributed by atoms with E-state index < -0.39 is 11.4 Å². The van der Waals surface area contributed by atoms with Gasteiger partial charge in [0.05, 0.1) is 5.54 Å². The molecule has 86 valence electrons. The van der Waals surface area contributed by atoms with E-state index >= 15 is 0 Å². The zero-order chi connectivity index (χ0) is 11.3. The van der Waals surface area contributed by atoms with Crippen LogP contribution in [0.5, 0.6) is 0 Å². The number of nitrogens with one attached hydrogen (secondary N) is 1. The standard InChI is InChI=1S/C9H17N3O3/c10-7(13)6-15-12-8(14)9(11)4-2-1-3-5-9/h1-6,11H2,(H2,10,13)(H,12,14). The number of carbonyl (C=O) groups excluding carboxylic acids is 2. The number of primary amides is 1. The number of hydrogen-bond donors (Lipinski definition) is 3. The van der Waals surface area contributed by atoms with Gasteiger partial charge in [0.25, 0.3) is 5.91 Å². The van der Waals surface area contributed by atoms with E-state index in [-0.39, 0.29) is 12.5 Å². The molecule has 0 heterocycles. The Morgan fingerprint density at radius 2 is 1.87 bits per heavy atom. The van der Waals surface area contributed by atoms with Crippen LogP contribution >= 0.6 is 0 Å². The van der Waals surface area contributed by atoms with Crippen molar-refractivity contribution < 1.29 is 14.4 Å². The minimum atomic E-state index is -0.851. The number of nitrogens with two attached hydrogens (primary N) is 2. The van der Waals surface area contributed by atoms with Crippen LogP contribution in [0.3, 0.4) is 0 Å². The average molecular weight is 215 g/mol. The van der Waals surface area contributed by atoms with Crippen molar-refractivity contribution in [3.63, 3.8) is 0 Å². The SMILES string of the molecule is NC(=O)CONC(=O)C1(N)CCCCC1. The van der Waals surface area contributed by atoms with Gasteiger partial charge in [0.2, 0.25) is 5.91 Å². The normalized spacial score (nSPS) is 19.5. The summed E-state index contributed by atoms with van der Waals surface area (Å²) < 4.78 is 0. The van der Waals surface area contributed by atoms with Gasteiger partial charge < -0.3 is 11.5 Å². The Bertz CT molecular complexity index is 249. The second kappa shape index (κ2) is 5.09. The number of rotatable bonds is 4. The molecule has 0 aliphatic heterocycles. The molecule has 1 rings (SSSR count). The molecule has 0 spiro atoms. The summed E-state index contributed by atoms with van der Waals surface area (Å²) >= 11 is 0. The van der Waals surface area contributed by atoms with Crippen molar-refractivity contribution in [1.29, 1.82) is 0 Å². The topological polar surface area (TPSA) is 107 Å². The first kappa shape index (κ1) is 11.9. The van der Waals surface area contributed by atoms with E-state index in [1.54, 1.807) is 0 Å². The van der Waals surface area contributed by atoms with Crippen LogP contribution in [0.2, 0.25) is 0 Å². The van der Waals surface area contributed by atoms with Crippen LogP contribution in [0.25, 0.3) is 0 Å². The third-order valence-corrected chi connectivity index (χ3v) is 2.58. The minimum Gasteiger partial charge on any atom is -0.368 e. The fraction of sp³-hybridized carbons (Fsp3) is 0.778. The predicted octanol–water partition coefficient (Wildman–Crippen LogP) is -0.819. The maximum Gasteiger partial charge on any atom is 0.263 e. The minimum absolute atomic E-state index is 0.332. The molecule has 1 aliphatic rings. The van der Waals surface area contributed by atoms with Crippen LogP contribution in [0.1, 0.15) is 32.1 Å². The monoisotopic (exact) mass is 215 g/mol. The molecular weight excluding hydrogens is 198 g/mol. The lowest BCUT2D eigenvalue weighted by atomic mass is 9.82. The lowest BCUT2D eigenvalue weighted by molar-refractivity contribution is -0.143. The summed E-state index contributed by atoms with van der Waals surface area (Å²) in [5, 5.41) is 0. The van der Waals surface area contributed by atoms with Gasteiger partial charge in [-0.1, -0.05) is 19.3 Å². The Morgan fingerprint density at radius 3 is 2.40 bits per heavy atom. The van der Waals surface area contributed by atoms with Crippen molar-refractivity contribution in [2.45, 2.75) is 37.6 Å². The van der Waals surface area contributed by atoms with E-state index in [1.807, 2.05) is 0 Å². The van der Waals surface area contributed by atoms with Gasteiger partial charge >= 0.3 is 0 Å². The third kappa shape index (κ3) is 3.49. The van der Waals surface area contributed by atoms with Crippen molar-refractivity contribution in [2.24, 2.45) is 11.5 Å². The highest BCUT2D eigenvalue weighted by atomic mass is 16.7. The summed E-state index contributed by atoms with van der Waals surface area (Å²) in [5.41, 5.74) is 12.1. The lowest BCUT2D eigenvalue weighted by Crippen LogP contribution is -2.55. The van der Waals surface area contributed by atoms with Gasteiger partial charge in [0.1, 0.15) is 0 Å². The highest BCUT2D eigenvalue weighted by Crippen LogP contribution is 2.25. The molecule has 0 aromatic carbocycles. The highest BCUT2D eigenvalue weighted by molar-refractivity contribution is 5.85. The largest absolute Gasteiger partial charge is 0.368 e. The van der Waals surface area contributed by atoms with Crippen molar-refractivity contribution in [1.82, 2.24) is 5.48 Å². The van der Waals surface area contributed by atoms with Crippen molar-refractivity contribution in [3.05, 3.63) is 0 Å². The highest BCUT2D eigenvalue weighted by Gasteiger charge is 2.35. The van der Waals surface area contributed by atoms with Crippen molar-refractivity contribution >= 4 is 11.8 Å². The Hall–Kier alpha value is -1.14. The van der Waals surface area contributed by atoms with Gasteiger partial charge in [-0.3, -0.25) is 14.4 Å². The molecule has 5 N–H and O–H groups in total. The molecule has 1 saturated carbocycles. The molecule has 0 atom stereocenters. The van der Waals surface area contributed by atoms with E-state index in [1.165, 1.54) is 0 Å². The summed E-state index contributed by atoms with van der Waals surface area (Å²) in [6.45, 7) is -0.332. The zero-order valence-corrected chi connectivity index (χ0v) is 8.62. The molecule has 1 aliphatic carbocycles. The van der Waals surface area contributed by atoms with Crippen LogP contribution in [-0.4, -0.2) is 24.0 Å². The number of amides is 2. The van der Waals surface area contributed by atoms with Crippen LogP contribution in [-0.2, 0) is 14.4 Å². The molecule has 2 amide bonds. The fourth-order valence-corrected chi connectivity index (χ4v) is 1.68. The average Bonchev–Trinajstić information content (AvgIpc) is 2.18. The smallest absolute Gasteiger partial charge is 0.263 e. The van der Waals surface area contributed by atoms with E-state index in [0.717, 1.165) is 19.3 Å². The predicted molar refractivity (Wildman–Crippen MR) is 53.3 cm³/mol. The van der Waals surface area contributed by atoms with Gasteiger partial charge in [-0.05, 0) is 12.8 Å². The van der Waals surface area contributed by atoms with Gasteiger partial charge in [-0.15, -0.1) is 0 Å². The summed E-state index contributed by atoms with van der Waals surface area (Å²) in [6, 6.07) is 0. The molecule has 1 fully saturated rings. The van der Waals surface area contributed by atoms with Crippen molar-refractivity contribution in [2.75, 3.05) is 6.61 Å². The Balaban J connectivity index is 2.34. The summed E-state index contributed by atoms with van der Waals surface area (Å²) in [5.74, 6) is -1.01. The zero-order valence-electron chi connectivity index (χ0n) is 8.62. The van der Waals surface area contributed by atoms with Gasteiger partial charge in [-0.2, -0.15) is 0 Å². The maximum atomic E-state index is 11.6. The van der Waals surface area contributed by atoms with Gasteiger partial charge in [-0.25, -0.2) is 5.48 Å². The van der Waals surface area contributed by atoms with Crippen LogP contribution < -0.4 is 16.9 Å². The third-order valence-electron chi connectivity index (χ3n) is 2.58. The molecule has 0 unspecified atom stereocenters. The Kier molecular flexibility index (Phi) is 4.05. The summed E-state index contributed by atoms with van der Waals surface area (Å²) in [4.78, 5) is 26.6. The lowest BCUT2D eigenvalue weighted by Gasteiger charge is -2.31. The Labute approximate surface area is 88.3 Å². The molecule has 6 nitrogen and oxygen atoms in total. The molecule has 0 radical (unpaired) electrons. The molecular formula is C9H17N3O3. The van der Waals surface area contributed by atoms with E-state index in [2.05, 4.69) is 10.3 Å². The van der Waals surface area contributed by atoms with Crippen LogP contribution in [0.15, 0.2) is 0 Å². The van der Waals surface area contributed by atoms with Crippen molar-refractivity contribution in [3.8, 4) is 0 Å². The van der Waals surface area contributed by atoms with Crippen LogP contribution in [0, 0.1) is 0 Å². The maximum absolute atomic E-state index is 11.6. The fourth-order valence-electron chi connectivity index (χ4n) is 1.68. The first-order valence-corrected chi connectivity index (χ1v) is 5.04. The molecule has 0 saturated heterocycles. The first-order chi connectivity index (χ1) is 7.04. The van der Waals surface area contributed by atoms with E-state index in [4.69, 9.17) is 11.5 Å². The Morgan fingerprint density at radius 1 is 1.27 bits per heavy atom.